The molecule has 0 saturated carbocycles. The number of thiophene rings is 2. The van der Waals surface area contributed by atoms with E-state index in [9.17, 15) is 5.26 Å². The summed E-state index contributed by atoms with van der Waals surface area (Å²) in [5.74, 6) is 1.76. The van der Waals surface area contributed by atoms with Gasteiger partial charge in [-0.2, -0.15) is 5.26 Å². The van der Waals surface area contributed by atoms with Gasteiger partial charge in [0.25, 0.3) is 0 Å². The van der Waals surface area contributed by atoms with Crippen LogP contribution in [0.2, 0.25) is 0 Å². The Morgan fingerprint density at radius 1 is 0.321 bits per heavy atom. The standard InChI is InChI=1S/C70H40N6S2/c71-41-46-21-7-8-22-47(46)44-31-33-48(61(40-44)76-57-28-14-10-26-54(57)65-60(76)38-35-52-50-24-12-16-30-63(50)78-67(52)65)55-39-45(70-73-68(42-17-3-1-4-18-42)72-69(74-70)43-19-5-2-6-20-43)32-36-58(55)75-56-27-13-9-25-53(56)64-59(75)37-34-51-49-23-11-15-29-62(49)77-66(51)64/h1-40H. The fraction of sp³-hybridized carbons (Fsp3) is 0. The zero-order valence-corrected chi connectivity index (χ0v) is 43.2. The van der Waals surface area contributed by atoms with Crippen LogP contribution in [-0.4, -0.2) is 24.1 Å². The van der Waals surface area contributed by atoms with E-state index in [1.165, 1.54) is 61.9 Å². The van der Waals surface area contributed by atoms with E-state index in [1.54, 1.807) is 0 Å². The number of nitriles is 1. The van der Waals surface area contributed by atoms with Gasteiger partial charge in [0.15, 0.2) is 17.5 Å². The monoisotopic (exact) mass is 1030 g/mol. The van der Waals surface area contributed by atoms with Crippen molar-refractivity contribution in [2.24, 2.45) is 0 Å². The van der Waals surface area contributed by atoms with Crippen molar-refractivity contribution in [3.05, 3.63) is 248 Å². The fourth-order valence-electron chi connectivity index (χ4n) is 12.0. The van der Waals surface area contributed by atoms with Gasteiger partial charge >= 0.3 is 0 Å². The molecule has 0 aliphatic heterocycles. The molecular weight excluding hydrogens is 989 g/mol. The molecule has 0 N–H and O–H groups in total. The lowest BCUT2D eigenvalue weighted by molar-refractivity contribution is 1.07. The molecule has 0 aliphatic rings. The van der Waals surface area contributed by atoms with Crippen LogP contribution in [0.3, 0.4) is 0 Å². The highest BCUT2D eigenvalue weighted by atomic mass is 32.1. The minimum Gasteiger partial charge on any atom is -0.309 e. The molecule has 0 bridgehead atoms. The van der Waals surface area contributed by atoms with Gasteiger partial charge in [0.1, 0.15) is 0 Å². The number of para-hydroxylation sites is 2. The summed E-state index contributed by atoms with van der Waals surface area (Å²) < 4.78 is 9.97. The average Bonchev–Trinajstić information content (AvgIpc) is 4.47. The van der Waals surface area contributed by atoms with E-state index in [2.05, 4.69) is 203 Å². The number of aromatic nitrogens is 5. The van der Waals surface area contributed by atoms with Crippen LogP contribution in [0.5, 0.6) is 0 Å². The summed E-state index contributed by atoms with van der Waals surface area (Å²) in [6.45, 7) is 0. The van der Waals surface area contributed by atoms with E-state index in [-0.39, 0.29) is 0 Å². The topological polar surface area (TPSA) is 72.3 Å². The summed E-state index contributed by atoms with van der Waals surface area (Å²) in [6, 6.07) is 88.5. The Morgan fingerprint density at radius 3 is 1.37 bits per heavy atom. The second kappa shape index (κ2) is 17.5. The fourth-order valence-corrected chi connectivity index (χ4v) is 14.5. The summed E-state index contributed by atoms with van der Waals surface area (Å²) >= 11 is 3.71. The third kappa shape index (κ3) is 6.76. The maximum Gasteiger partial charge on any atom is 0.164 e. The Labute approximate surface area is 455 Å². The molecule has 362 valence electrons. The van der Waals surface area contributed by atoms with Crippen LogP contribution >= 0.6 is 22.7 Å². The quantitative estimate of drug-likeness (QED) is 0.159. The molecule has 6 nitrogen and oxygen atoms in total. The molecule has 0 unspecified atom stereocenters. The van der Waals surface area contributed by atoms with Gasteiger partial charge in [-0.15, -0.1) is 22.7 Å². The zero-order chi connectivity index (χ0) is 51.4. The van der Waals surface area contributed by atoms with E-state index >= 15 is 0 Å². The van der Waals surface area contributed by atoms with E-state index < -0.39 is 0 Å². The van der Waals surface area contributed by atoms with Crippen molar-refractivity contribution in [1.29, 1.82) is 5.26 Å². The maximum atomic E-state index is 10.6. The summed E-state index contributed by atoms with van der Waals surface area (Å²) in [7, 11) is 0. The molecule has 8 heteroatoms. The predicted octanol–water partition coefficient (Wildman–Crippen LogP) is 19.0. The number of nitrogens with zero attached hydrogens (tertiary/aromatic N) is 6. The molecule has 0 aliphatic carbocycles. The molecule has 16 aromatic rings. The first kappa shape index (κ1) is 44.3. The minimum absolute atomic E-state index is 0.565. The maximum absolute atomic E-state index is 10.6. The smallest absolute Gasteiger partial charge is 0.164 e. The Hall–Kier alpha value is -10.0. The molecule has 0 amide bonds. The van der Waals surface area contributed by atoms with Gasteiger partial charge in [0.05, 0.1) is 45.1 Å². The first-order chi connectivity index (χ1) is 38.6. The summed E-state index contributed by atoms with van der Waals surface area (Å²) in [6.07, 6.45) is 0. The van der Waals surface area contributed by atoms with Gasteiger partial charge in [-0.05, 0) is 77.9 Å². The Kier molecular flexibility index (Phi) is 9.94. The number of benzene rings is 11. The van der Waals surface area contributed by atoms with E-state index in [0.717, 1.165) is 72.4 Å². The second-order valence-electron chi connectivity index (χ2n) is 19.7. The largest absolute Gasteiger partial charge is 0.309 e. The Bertz CT molecular complexity index is 5120. The van der Waals surface area contributed by atoms with Crippen LogP contribution in [0.1, 0.15) is 5.56 Å². The Balaban J connectivity index is 1.04. The van der Waals surface area contributed by atoms with Crippen molar-refractivity contribution in [3.8, 4) is 73.9 Å². The van der Waals surface area contributed by atoms with Crippen molar-refractivity contribution in [2.75, 3.05) is 0 Å². The molecule has 0 saturated heterocycles. The number of fused-ring (bicyclic) bond motifs is 14. The van der Waals surface area contributed by atoms with Gasteiger partial charge in [-0.3, -0.25) is 0 Å². The van der Waals surface area contributed by atoms with Crippen molar-refractivity contribution in [2.45, 2.75) is 0 Å². The van der Waals surface area contributed by atoms with Gasteiger partial charge < -0.3 is 9.13 Å². The molecule has 0 atom stereocenters. The third-order valence-electron chi connectivity index (χ3n) is 15.4. The van der Waals surface area contributed by atoms with Crippen molar-refractivity contribution in [1.82, 2.24) is 24.1 Å². The first-order valence-electron chi connectivity index (χ1n) is 26.0. The Morgan fingerprint density at radius 2 is 0.795 bits per heavy atom. The second-order valence-corrected chi connectivity index (χ2v) is 21.8. The van der Waals surface area contributed by atoms with Crippen LogP contribution in [0.25, 0.3) is 152 Å². The summed E-state index contributed by atoms with van der Waals surface area (Å²) in [5.41, 5.74) is 13.5. The van der Waals surface area contributed by atoms with E-state index in [0.29, 0.717) is 23.0 Å². The summed E-state index contributed by atoms with van der Waals surface area (Å²) in [5, 5.41) is 20.4. The molecule has 11 aromatic carbocycles. The lowest BCUT2D eigenvalue weighted by Gasteiger charge is -2.21. The van der Waals surface area contributed by atoms with Crippen LogP contribution in [0, 0.1) is 11.3 Å². The van der Waals surface area contributed by atoms with E-state index in [1.807, 2.05) is 77.3 Å². The lowest BCUT2D eigenvalue weighted by Crippen LogP contribution is -2.04. The predicted molar refractivity (Wildman–Crippen MR) is 326 cm³/mol. The molecule has 5 aromatic heterocycles. The molecule has 78 heavy (non-hydrogen) atoms. The van der Waals surface area contributed by atoms with Crippen LogP contribution in [-0.2, 0) is 0 Å². The molecule has 16 rings (SSSR count). The normalized spacial score (nSPS) is 11.8. The molecular formula is C70H40N6S2. The van der Waals surface area contributed by atoms with Gasteiger partial charge in [-0.1, -0.05) is 176 Å². The molecule has 0 spiro atoms. The number of hydrogen-bond acceptors (Lipinski definition) is 6. The number of rotatable bonds is 7. The molecule has 0 radical (unpaired) electrons. The molecule has 0 fully saturated rings. The highest BCUT2D eigenvalue weighted by molar-refractivity contribution is 7.27. The number of hydrogen-bond donors (Lipinski definition) is 0. The third-order valence-corrected chi connectivity index (χ3v) is 17.9. The van der Waals surface area contributed by atoms with Gasteiger partial charge in [0, 0.05) is 89.7 Å². The molecule has 5 heterocycles. The highest BCUT2D eigenvalue weighted by Gasteiger charge is 2.25. The van der Waals surface area contributed by atoms with Crippen LogP contribution < -0.4 is 0 Å². The van der Waals surface area contributed by atoms with Crippen molar-refractivity contribution in [3.63, 3.8) is 0 Å². The van der Waals surface area contributed by atoms with Gasteiger partial charge in [-0.25, -0.2) is 15.0 Å². The minimum atomic E-state index is 0.565. The van der Waals surface area contributed by atoms with Crippen molar-refractivity contribution >= 4 is 107 Å². The summed E-state index contributed by atoms with van der Waals surface area (Å²) in [4.78, 5) is 15.7. The van der Waals surface area contributed by atoms with Crippen LogP contribution in [0.15, 0.2) is 243 Å². The highest BCUT2D eigenvalue weighted by Crippen LogP contribution is 2.49. The van der Waals surface area contributed by atoms with E-state index in [4.69, 9.17) is 15.0 Å². The van der Waals surface area contributed by atoms with Gasteiger partial charge in [0.2, 0.25) is 0 Å². The van der Waals surface area contributed by atoms with Crippen LogP contribution in [0.4, 0.5) is 0 Å². The SMILES string of the molecule is N#Cc1ccccc1-c1ccc(-c2cc(-c3nc(-c4ccccc4)nc(-c4ccccc4)n3)ccc2-n2c3ccccc3c3c4sc5ccccc5c4ccc32)c(-n2c3ccccc3c3c4sc5ccccc5c4ccc32)c1. The lowest BCUT2D eigenvalue weighted by atomic mass is 9.93. The van der Waals surface area contributed by atoms with Crippen molar-refractivity contribution < 1.29 is 0 Å². The first-order valence-corrected chi connectivity index (χ1v) is 27.6. The average molecular weight is 1030 g/mol. The zero-order valence-electron chi connectivity index (χ0n) is 41.6.